The molecule has 0 saturated carbocycles. The fraction of sp³-hybridized carbons (Fsp3) is 0. The lowest BCUT2D eigenvalue weighted by molar-refractivity contribution is 1.24. The van der Waals surface area contributed by atoms with Gasteiger partial charge in [-0.1, -0.05) is 144 Å². The Balaban J connectivity index is 1.33. The zero-order chi connectivity index (χ0) is 33.5. The molecule has 0 unspecified atom stereocenters. The van der Waals surface area contributed by atoms with Crippen molar-refractivity contribution in [3.8, 4) is 0 Å². The summed E-state index contributed by atoms with van der Waals surface area (Å²) in [5.41, 5.74) is 16.1. The molecule has 3 nitrogen and oxygen atoms in total. The first kappa shape index (κ1) is 28.8. The number of fused-ring (bicyclic) bond motifs is 8. The van der Waals surface area contributed by atoms with Crippen LogP contribution < -0.4 is 42.6 Å². The summed E-state index contributed by atoms with van der Waals surface area (Å²) in [5, 5.41) is 1.13. The van der Waals surface area contributed by atoms with Crippen molar-refractivity contribution in [2.45, 2.75) is 9.79 Å². The van der Waals surface area contributed by atoms with Crippen LogP contribution in [0.25, 0.3) is 10.9 Å². The van der Waals surface area contributed by atoms with Gasteiger partial charge < -0.3 is 9.80 Å². The average Bonchev–Trinajstić information content (AvgIpc) is 3.20. The molecule has 4 heterocycles. The zero-order valence-electron chi connectivity index (χ0n) is 27.6. The molecule has 1 aromatic heterocycles. The SMILES string of the molecule is c1ccc(B2c3ccccc3N(c3cccc4cccnc34)c3cc4c5c(c32)N(c2ccccc2)c2ccccc2B5c2ccccc2S4)cc1. The topological polar surface area (TPSA) is 19.4 Å². The van der Waals surface area contributed by atoms with Crippen LogP contribution in [-0.2, 0) is 0 Å². The minimum Gasteiger partial charge on any atom is -0.312 e. The highest BCUT2D eigenvalue weighted by Crippen LogP contribution is 2.47. The lowest BCUT2D eigenvalue weighted by Crippen LogP contribution is -2.65. The number of aromatic nitrogens is 1. The molecule has 11 rings (SSSR count). The van der Waals surface area contributed by atoms with Crippen molar-refractivity contribution in [2.75, 3.05) is 9.80 Å². The maximum absolute atomic E-state index is 5.00. The molecule has 236 valence electrons. The molecule has 0 saturated heterocycles. The number of rotatable bonds is 3. The second-order valence-corrected chi connectivity index (χ2v) is 14.5. The minimum absolute atomic E-state index is 0.00354. The maximum atomic E-state index is 5.00. The van der Waals surface area contributed by atoms with Crippen molar-refractivity contribution in [3.05, 3.63) is 176 Å². The predicted octanol–water partition coefficient (Wildman–Crippen LogP) is 7.30. The molecular formula is C45H29B2N3S. The molecule has 3 aliphatic rings. The van der Waals surface area contributed by atoms with Crippen molar-refractivity contribution in [2.24, 2.45) is 0 Å². The Hall–Kier alpha value is -5.97. The second-order valence-electron chi connectivity index (χ2n) is 13.5. The first-order valence-electron chi connectivity index (χ1n) is 17.5. The highest BCUT2D eigenvalue weighted by Gasteiger charge is 2.47. The molecule has 0 aliphatic carbocycles. The van der Waals surface area contributed by atoms with E-state index in [4.69, 9.17) is 4.98 Å². The highest BCUT2D eigenvalue weighted by molar-refractivity contribution is 8.00. The van der Waals surface area contributed by atoms with E-state index >= 15 is 0 Å². The summed E-state index contributed by atoms with van der Waals surface area (Å²) in [6, 6.07) is 62.4. The fourth-order valence-electron chi connectivity index (χ4n) is 8.79. The summed E-state index contributed by atoms with van der Waals surface area (Å²) in [4.78, 5) is 12.7. The number of hydrogen-bond acceptors (Lipinski definition) is 4. The molecule has 0 atom stereocenters. The fourth-order valence-corrected chi connectivity index (χ4v) is 9.97. The quantitative estimate of drug-likeness (QED) is 0.185. The van der Waals surface area contributed by atoms with Crippen LogP contribution in [0.3, 0.4) is 0 Å². The lowest BCUT2D eigenvalue weighted by atomic mass is 9.31. The van der Waals surface area contributed by atoms with Gasteiger partial charge in [-0.25, -0.2) is 0 Å². The standard InChI is InChI=1S/C45H29B2N3S/c1-3-17-31(18-4-1)46-33-21-7-11-25-37(33)50(38-26-13-15-30-16-14-28-48-44(30)38)39-29-41-43-45(42(39)46)49(32-19-5-2-6-20-32)36-24-10-8-22-34(36)47(43)35-23-9-12-27-40(35)51-41/h1-29H. The van der Waals surface area contributed by atoms with Crippen molar-refractivity contribution in [1.29, 1.82) is 0 Å². The van der Waals surface area contributed by atoms with Crippen LogP contribution in [-0.4, -0.2) is 18.4 Å². The first-order chi connectivity index (χ1) is 25.3. The third-order valence-corrected chi connectivity index (χ3v) is 11.9. The van der Waals surface area contributed by atoms with E-state index in [9.17, 15) is 0 Å². The number of pyridine rings is 1. The molecule has 51 heavy (non-hydrogen) atoms. The molecule has 7 aromatic carbocycles. The summed E-state index contributed by atoms with van der Waals surface area (Å²) < 4.78 is 0. The largest absolute Gasteiger partial charge is 0.312 e. The van der Waals surface area contributed by atoms with Gasteiger partial charge in [0.1, 0.15) is 0 Å². The normalized spacial score (nSPS) is 13.6. The summed E-state index contributed by atoms with van der Waals surface area (Å²) in [6.07, 6.45) is 1.91. The number of para-hydroxylation sites is 4. The van der Waals surface area contributed by atoms with Gasteiger partial charge in [0.05, 0.1) is 11.2 Å². The van der Waals surface area contributed by atoms with E-state index in [2.05, 4.69) is 174 Å². The van der Waals surface area contributed by atoms with Gasteiger partial charge in [-0.15, -0.1) is 0 Å². The van der Waals surface area contributed by atoms with Gasteiger partial charge in [0, 0.05) is 49.8 Å². The van der Waals surface area contributed by atoms with Gasteiger partial charge in [0.25, 0.3) is 0 Å². The Morgan fingerprint density at radius 3 is 1.88 bits per heavy atom. The Morgan fingerprint density at radius 1 is 0.451 bits per heavy atom. The van der Waals surface area contributed by atoms with E-state index in [1.165, 1.54) is 65.3 Å². The summed E-state index contributed by atoms with van der Waals surface area (Å²) in [6.45, 7) is 0.103. The molecule has 0 fully saturated rings. The van der Waals surface area contributed by atoms with E-state index in [0.717, 1.165) is 22.3 Å². The van der Waals surface area contributed by atoms with Gasteiger partial charge in [-0.2, -0.15) is 0 Å². The van der Waals surface area contributed by atoms with Crippen LogP contribution in [0.15, 0.2) is 186 Å². The molecule has 6 heteroatoms. The number of hydrogen-bond donors (Lipinski definition) is 0. The Morgan fingerprint density at radius 2 is 1.08 bits per heavy atom. The van der Waals surface area contributed by atoms with Crippen LogP contribution >= 0.6 is 11.8 Å². The number of benzene rings is 7. The summed E-state index contributed by atoms with van der Waals surface area (Å²) >= 11 is 1.90. The van der Waals surface area contributed by atoms with E-state index in [1.807, 2.05) is 24.0 Å². The van der Waals surface area contributed by atoms with Crippen LogP contribution in [0.2, 0.25) is 0 Å². The Labute approximate surface area is 302 Å². The van der Waals surface area contributed by atoms with Gasteiger partial charge in [-0.05, 0) is 70.4 Å². The average molecular weight is 665 g/mol. The maximum Gasteiger partial charge on any atom is 0.249 e. The van der Waals surface area contributed by atoms with E-state index in [1.54, 1.807) is 0 Å². The van der Waals surface area contributed by atoms with Gasteiger partial charge >= 0.3 is 0 Å². The van der Waals surface area contributed by atoms with Crippen LogP contribution in [0, 0.1) is 0 Å². The van der Waals surface area contributed by atoms with Gasteiger partial charge in [0.15, 0.2) is 0 Å². The Bertz CT molecular complexity index is 2660. The molecule has 0 bridgehead atoms. The molecule has 3 aliphatic heterocycles. The highest BCUT2D eigenvalue weighted by atomic mass is 32.2. The van der Waals surface area contributed by atoms with E-state index < -0.39 is 0 Å². The predicted molar refractivity (Wildman–Crippen MR) is 217 cm³/mol. The third-order valence-electron chi connectivity index (χ3n) is 10.8. The monoisotopic (exact) mass is 665 g/mol. The van der Waals surface area contributed by atoms with E-state index in [0.29, 0.717) is 0 Å². The smallest absolute Gasteiger partial charge is 0.249 e. The van der Waals surface area contributed by atoms with E-state index in [-0.39, 0.29) is 13.4 Å². The molecule has 0 spiro atoms. The zero-order valence-corrected chi connectivity index (χ0v) is 28.5. The molecule has 0 amide bonds. The number of anilines is 6. The molecular weight excluding hydrogens is 636 g/mol. The lowest BCUT2D eigenvalue weighted by Gasteiger charge is -2.46. The van der Waals surface area contributed by atoms with Crippen LogP contribution in [0.5, 0.6) is 0 Å². The van der Waals surface area contributed by atoms with Crippen LogP contribution in [0.1, 0.15) is 0 Å². The van der Waals surface area contributed by atoms with Crippen LogP contribution in [0.4, 0.5) is 34.1 Å². The Kier molecular flexibility index (Phi) is 6.37. The second kappa shape index (κ2) is 11.3. The van der Waals surface area contributed by atoms with Crippen molar-refractivity contribution < 1.29 is 0 Å². The summed E-state index contributed by atoms with van der Waals surface area (Å²) in [5.74, 6) is 0. The van der Waals surface area contributed by atoms with Crippen molar-refractivity contribution >= 4 is 103 Å². The van der Waals surface area contributed by atoms with Gasteiger partial charge in [0.2, 0.25) is 13.4 Å². The minimum atomic E-state index is -0.00354. The van der Waals surface area contributed by atoms with Gasteiger partial charge in [-0.3, -0.25) is 4.98 Å². The molecule has 0 radical (unpaired) electrons. The molecule has 0 N–H and O–H groups in total. The molecule has 8 aromatic rings. The third kappa shape index (κ3) is 4.20. The summed E-state index contributed by atoms with van der Waals surface area (Å²) in [7, 11) is 0. The first-order valence-corrected chi connectivity index (χ1v) is 18.4. The number of nitrogens with zero attached hydrogens (tertiary/aromatic N) is 3. The van der Waals surface area contributed by atoms with Crippen molar-refractivity contribution in [1.82, 2.24) is 4.98 Å². The van der Waals surface area contributed by atoms with Crippen molar-refractivity contribution in [3.63, 3.8) is 0 Å².